The van der Waals surface area contributed by atoms with Gasteiger partial charge in [-0.2, -0.15) is 0 Å². The monoisotopic (exact) mass is 255 g/mol. The smallest absolute Gasteiger partial charge is 0.326 e. The zero-order chi connectivity index (χ0) is 13.7. The Bertz CT molecular complexity index is 488. The van der Waals surface area contributed by atoms with Crippen LogP contribution in [0.15, 0.2) is 30.9 Å². The molecule has 1 atom stereocenters. The van der Waals surface area contributed by atoms with Crippen LogP contribution in [0.1, 0.15) is 16.8 Å². The van der Waals surface area contributed by atoms with E-state index in [1.54, 1.807) is 0 Å². The lowest BCUT2D eigenvalue weighted by Crippen LogP contribution is -2.40. The number of nitrogens with one attached hydrogen (secondary N) is 1. The summed E-state index contributed by atoms with van der Waals surface area (Å²) >= 11 is 0. The molecule has 0 aliphatic heterocycles. The molecule has 96 valence electrons. The molecule has 0 aliphatic carbocycles. The molecule has 1 aromatic carbocycles. The number of carboxylic acids is 1. The summed E-state index contributed by atoms with van der Waals surface area (Å²) in [6, 6.07) is 1.87. The van der Waals surface area contributed by atoms with Crippen LogP contribution >= 0.6 is 0 Å². The summed E-state index contributed by atoms with van der Waals surface area (Å²) < 4.78 is 26.2. The van der Waals surface area contributed by atoms with Gasteiger partial charge in [0.25, 0.3) is 5.91 Å². The Morgan fingerprint density at radius 3 is 2.67 bits per heavy atom. The maximum Gasteiger partial charge on any atom is 0.326 e. The number of amides is 1. The van der Waals surface area contributed by atoms with Crippen molar-refractivity contribution in [1.82, 2.24) is 5.32 Å². The fourth-order valence-corrected chi connectivity index (χ4v) is 1.30. The van der Waals surface area contributed by atoms with Crippen LogP contribution in [0.4, 0.5) is 8.78 Å². The van der Waals surface area contributed by atoms with E-state index < -0.39 is 35.1 Å². The second-order valence-electron chi connectivity index (χ2n) is 3.49. The zero-order valence-electron chi connectivity index (χ0n) is 9.32. The van der Waals surface area contributed by atoms with E-state index in [2.05, 4.69) is 11.9 Å². The van der Waals surface area contributed by atoms with E-state index in [0.717, 1.165) is 18.2 Å². The second-order valence-corrected chi connectivity index (χ2v) is 3.49. The molecule has 0 fully saturated rings. The molecule has 0 aromatic heterocycles. The zero-order valence-corrected chi connectivity index (χ0v) is 9.32. The molecule has 6 heteroatoms. The highest BCUT2D eigenvalue weighted by molar-refractivity contribution is 5.96. The second kappa shape index (κ2) is 5.90. The van der Waals surface area contributed by atoms with Crippen LogP contribution in [0, 0.1) is 11.6 Å². The molecule has 0 saturated carbocycles. The third-order valence-electron chi connectivity index (χ3n) is 2.20. The van der Waals surface area contributed by atoms with Gasteiger partial charge in [0.15, 0.2) is 11.6 Å². The van der Waals surface area contributed by atoms with Crippen molar-refractivity contribution in [1.29, 1.82) is 0 Å². The summed E-state index contributed by atoms with van der Waals surface area (Å²) in [6.45, 7) is 3.35. The van der Waals surface area contributed by atoms with E-state index in [1.807, 2.05) is 0 Å². The molecule has 1 rings (SSSR count). The number of carbonyl (C=O) groups excluding carboxylic acids is 1. The van der Waals surface area contributed by atoms with E-state index in [9.17, 15) is 18.4 Å². The van der Waals surface area contributed by atoms with Gasteiger partial charge in [-0.05, 0) is 18.6 Å². The number of carboxylic acid groups (broad SMARTS) is 1. The Labute approximate surface area is 102 Å². The van der Waals surface area contributed by atoms with E-state index in [-0.39, 0.29) is 6.42 Å². The maximum absolute atomic E-state index is 13.3. The van der Waals surface area contributed by atoms with Crippen LogP contribution in [0.25, 0.3) is 0 Å². The third-order valence-corrected chi connectivity index (χ3v) is 2.20. The van der Waals surface area contributed by atoms with Gasteiger partial charge in [0.05, 0.1) is 5.56 Å². The van der Waals surface area contributed by atoms with Gasteiger partial charge >= 0.3 is 5.97 Å². The Morgan fingerprint density at radius 1 is 1.44 bits per heavy atom. The lowest BCUT2D eigenvalue weighted by Gasteiger charge is -2.12. The minimum Gasteiger partial charge on any atom is -0.480 e. The predicted octanol–water partition coefficient (Wildman–Crippen LogP) is 1.72. The molecular formula is C12H11F2NO3. The molecule has 2 N–H and O–H groups in total. The minimum absolute atomic E-state index is 0.0159. The molecule has 1 aromatic rings. The minimum atomic E-state index is -1.31. The van der Waals surface area contributed by atoms with E-state index in [4.69, 9.17) is 5.11 Å². The van der Waals surface area contributed by atoms with Crippen molar-refractivity contribution in [2.75, 3.05) is 0 Å². The van der Waals surface area contributed by atoms with Gasteiger partial charge in [-0.1, -0.05) is 12.1 Å². The first-order valence-corrected chi connectivity index (χ1v) is 5.06. The van der Waals surface area contributed by atoms with Gasteiger partial charge in [0.2, 0.25) is 0 Å². The predicted molar refractivity (Wildman–Crippen MR) is 60.1 cm³/mol. The van der Waals surface area contributed by atoms with E-state index >= 15 is 0 Å². The standard InChI is InChI=1S/C12H11F2NO3/c1-2-4-9(12(17)18)15-11(16)7-5-3-6-8(13)10(7)14/h2-3,5-6,9H,1,4H2,(H,15,16)(H,17,18). The van der Waals surface area contributed by atoms with Crippen molar-refractivity contribution >= 4 is 11.9 Å². The van der Waals surface area contributed by atoms with Gasteiger partial charge in [0.1, 0.15) is 6.04 Å². The van der Waals surface area contributed by atoms with Crippen LogP contribution in [-0.4, -0.2) is 23.0 Å². The normalized spacial score (nSPS) is 11.7. The van der Waals surface area contributed by atoms with Gasteiger partial charge in [-0.25, -0.2) is 13.6 Å². The highest BCUT2D eigenvalue weighted by atomic mass is 19.2. The first-order chi connectivity index (χ1) is 8.47. The van der Waals surface area contributed by atoms with Crippen molar-refractivity contribution in [3.8, 4) is 0 Å². The molecule has 0 heterocycles. The van der Waals surface area contributed by atoms with Crippen molar-refractivity contribution in [3.63, 3.8) is 0 Å². The van der Waals surface area contributed by atoms with Crippen LogP contribution in [0.5, 0.6) is 0 Å². The first-order valence-electron chi connectivity index (χ1n) is 5.06. The fourth-order valence-electron chi connectivity index (χ4n) is 1.30. The highest BCUT2D eigenvalue weighted by Crippen LogP contribution is 2.11. The number of aliphatic carboxylic acids is 1. The molecule has 1 unspecified atom stereocenters. The van der Waals surface area contributed by atoms with E-state index in [1.165, 1.54) is 6.08 Å². The fraction of sp³-hybridized carbons (Fsp3) is 0.167. The van der Waals surface area contributed by atoms with Crippen LogP contribution in [0.2, 0.25) is 0 Å². The SMILES string of the molecule is C=CCC(NC(=O)c1cccc(F)c1F)C(=O)O. The quantitative estimate of drug-likeness (QED) is 0.787. The van der Waals surface area contributed by atoms with Gasteiger partial charge in [0, 0.05) is 0 Å². The molecule has 0 radical (unpaired) electrons. The Morgan fingerprint density at radius 2 is 2.11 bits per heavy atom. The molecule has 0 aliphatic rings. The summed E-state index contributed by atoms with van der Waals surface area (Å²) in [7, 11) is 0. The Balaban J connectivity index is 2.90. The molecule has 4 nitrogen and oxygen atoms in total. The number of hydrogen-bond donors (Lipinski definition) is 2. The molecule has 0 spiro atoms. The largest absolute Gasteiger partial charge is 0.480 e. The lowest BCUT2D eigenvalue weighted by atomic mass is 10.1. The van der Waals surface area contributed by atoms with Crippen molar-refractivity contribution in [2.24, 2.45) is 0 Å². The van der Waals surface area contributed by atoms with Crippen LogP contribution < -0.4 is 5.32 Å². The summed E-state index contributed by atoms with van der Waals surface area (Å²) in [5.41, 5.74) is -0.537. The number of carbonyl (C=O) groups is 2. The van der Waals surface area contributed by atoms with Crippen LogP contribution in [-0.2, 0) is 4.79 Å². The highest BCUT2D eigenvalue weighted by Gasteiger charge is 2.22. The summed E-state index contributed by atoms with van der Waals surface area (Å²) in [5.74, 6) is -4.74. The summed E-state index contributed by atoms with van der Waals surface area (Å²) in [4.78, 5) is 22.4. The summed E-state index contributed by atoms with van der Waals surface area (Å²) in [5, 5.41) is 10.9. The third kappa shape index (κ3) is 3.13. The van der Waals surface area contributed by atoms with Gasteiger partial charge < -0.3 is 10.4 Å². The number of rotatable bonds is 5. The average molecular weight is 255 g/mol. The molecule has 0 saturated heterocycles. The van der Waals surface area contributed by atoms with Gasteiger partial charge in [-0.3, -0.25) is 4.79 Å². The van der Waals surface area contributed by atoms with E-state index in [0.29, 0.717) is 0 Å². The molecule has 1 amide bonds. The number of hydrogen-bond acceptors (Lipinski definition) is 2. The first kappa shape index (κ1) is 13.8. The van der Waals surface area contributed by atoms with Gasteiger partial charge in [-0.15, -0.1) is 6.58 Å². The Kier molecular flexibility index (Phi) is 4.53. The maximum atomic E-state index is 13.3. The molecular weight excluding hydrogens is 244 g/mol. The molecule has 18 heavy (non-hydrogen) atoms. The number of halogens is 2. The Hall–Kier alpha value is -2.24. The van der Waals surface area contributed by atoms with Crippen molar-refractivity contribution < 1.29 is 23.5 Å². The number of benzene rings is 1. The van der Waals surface area contributed by atoms with Crippen molar-refractivity contribution in [3.05, 3.63) is 48.1 Å². The lowest BCUT2D eigenvalue weighted by molar-refractivity contribution is -0.139. The van der Waals surface area contributed by atoms with Crippen molar-refractivity contribution in [2.45, 2.75) is 12.5 Å². The summed E-state index contributed by atoms with van der Waals surface area (Å²) in [6.07, 6.45) is 1.29. The van der Waals surface area contributed by atoms with Crippen LogP contribution in [0.3, 0.4) is 0 Å². The topological polar surface area (TPSA) is 66.4 Å². The average Bonchev–Trinajstić information content (AvgIpc) is 2.31. The molecule has 0 bridgehead atoms.